The molecule has 2 rings (SSSR count). The van der Waals surface area contributed by atoms with Crippen LogP contribution in [0.2, 0.25) is 0 Å². The third kappa shape index (κ3) is 2.69. The van der Waals surface area contributed by atoms with Crippen LogP contribution in [0.15, 0.2) is 46.9 Å². The summed E-state index contributed by atoms with van der Waals surface area (Å²) >= 11 is 5.49. The van der Waals surface area contributed by atoms with E-state index in [1.54, 1.807) is 18.2 Å². The number of carbonyl (C=O) groups is 1. The third-order valence-corrected chi connectivity index (χ3v) is 4.01. The summed E-state index contributed by atoms with van der Waals surface area (Å²) in [5.74, 6) is 0.00991. The largest absolute Gasteiger partial charge is 0.398 e. The van der Waals surface area contributed by atoms with Crippen molar-refractivity contribution in [3.05, 3.63) is 61.6 Å². The number of halogens is 2. The molecule has 0 unspecified atom stereocenters. The van der Waals surface area contributed by atoms with Crippen molar-refractivity contribution in [3.8, 4) is 0 Å². The highest BCUT2D eigenvalue weighted by Crippen LogP contribution is 2.23. The molecule has 0 fully saturated rings. The SMILES string of the molecule is Nc1ccc(C(=O)c2ccccc2I)cc1Br. The first kappa shape index (κ1) is 12.6. The predicted octanol–water partition coefficient (Wildman–Crippen LogP) is 3.87. The molecule has 0 spiro atoms. The molecule has 2 nitrogen and oxygen atoms in total. The maximum Gasteiger partial charge on any atom is 0.194 e. The van der Waals surface area contributed by atoms with Crippen molar-refractivity contribution in [1.82, 2.24) is 0 Å². The molecule has 2 aromatic carbocycles. The molecule has 0 aliphatic heterocycles. The number of rotatable bonds is 2. The molecule has 0 radical (unpaired) electrons. The van der Waals surface area contributed by atoms with E-state index >= 15 is 0 Å². The number of ketones is 1. The van der Waals surface area contributed by atoms with Gasteiger partial charge in [0.15, 0.2) is 5.78 Å². The van der Waals surface area contributed by atoms with Crippen LogP contribution in [0.3, 0.4) is 0 Å². The van der Waals surface area contributed by atoms with Crippen LogP contribution in [0.5, 0.6) is 0 Å². The van der Waals surface area contributed by atoms with E-state index in [9.17, 15) is 4.79 Å². The van der Waals surface area contributed by atoms with Gasteiger partial charge in [-0.25, -0.2) is 0 Å². The minimum absolute atomic E-state index is 0.00991. The second-order valence-corrected chi connectivity index (χ2v) is 5.56. The van der Waals surface area contributed by atoms with Crippen LogP contribution in [0.25, 0.3) is 0 Å². The fourth-order valence-electron chi connectivity index (χ4n) is 1.47. The van der Waals surface area contributed by atoms with Gasteiger partial charge in [0.1, 0.15) is 0 Å². The molecule has 0 heterocycles. The van der Waals surface area contributed by atoms with E-state index in [1.807, 2.05) is 24.3 Å². The molecule has 0 amide bonds. The van der Waals surface area contributed by atoms with Crippen LogP contribution < -0.4 is 5.73 Å². The van der Waals surface area contributed by atoms with Gasteiger partial charge in [0.2, 0.25) is 0 Å². The zero-order valence-electron chi connectivity index (χ0n) is 8.78. The van der Waals surface area contributed by atoms with E-state index in [0.29, 0.717) is 16.8 Å². The summed E-state index contributed by atoms with van der Waals surface area (Å²) in [6, 6.07) is 12.7. The van der Waals surface area contributed by atoms with Crippen LogP contribution in [0, 0.1) is 3.57 Å². The Morgan fingerprint density at radius 2 is 1.88 bits per heavy atom. The van der Waals surface area contributed by atoms with E-state index in [0.717, 1.165) is 8.04 Å². The van der Waals surface area contributed by atoms with Crippen LogP contribution in [0.1, 0.15) is 15.9 Å². The Kier molecular flexibility index (Phi) is 3.83. The van der Waals surface area contributed by atoms with Gasteiger partial charge in [0.25, 0.3) is 0 Å². The van der Waals surface area contributed by atoms with Crippen molar-refractivity contribution >= 4 is 50.0 Å². The molecule has 0 aliphatic carbocycles. The fourth-order valence-corrected chi connectivity index (χ4v) is 2.48. The van der Waals surface area contributed by atoms with Gasteiger partial charge in [-0.15, -0.1) is 0 Å². The summed E-state index contributed by atoms with van der Waals surface area (Å²) in [6.45, 7) is 0. The Bertz CT molecular complexity index is 583. The van der Waals surface area contributed by atoms with E-state index < -0.39 is 0 Å². The lowest BCUT2D eigenvalue weighted by molar-refractivity contribution is 0.103. The average molecular weight is 402 g/mol. The molecule has 0 aliphatic rings. The second-order valence-electron chi connectivity index (χ2n) is 3.55. The Morgan fingerprint density at radius 3 is 2.53 bits per heavy atom. The predicted molar refractivity (Wildman–Crippen MR) is 81.1 cm³/mol. The summed E-state index contributed by atoms with van der Waals surface area (Å²) in [7, 11) is 0. The summed E-state index contributed by atoms with van der Waals surface area (Å²) in [4.78, 5) is 12.3. The Balaban J connectivity index is 2.44. The smallest absolute Gasteiger partial charge is 0.194 e. The van der Waals surface area contributed by atoms with Gasteiger partial charge in [-0.05, 0) is 68.9 Å². The molecule has 0 aromatic heterocycles. The van der Waals surface area contributed by atoms with Crippen LogP contribution >= 0.6 is 38.5 Å². The fraction of sp³-hybridized carbons (Fsp3) is 0. The Hall–Kier alpha value is -0.880. The summed E-state index contributed by atoms with van der Waals surface area (Å²) in [6.07, 6.45) is 0. The number of hydrogen-bond acceptors (Lipinski definition) is 2. The van der Waals surface area contributed by atoms with Gasteiger partial charge in [-0.1, -0.05) is 12.1 Å². The van der Waals surface area contributed by atoms with Crippen molar-refractivity contribution in [3.63, 3.8) is 0 Å². The highest BCUT2D eigenvalue weighted by Gasteiger charge is 2.12. The van der Waals surface area contributed by atoms with Crippen molar-refractivity contribution in [1.29, 1.82) is 0 Å². The molecular weight excluding hydrogens is 393 g/mol. The molecule has 0 bridgehead atoms. The van der Waals surface area contributed by atoms with E-state index in [2.05, 4.69) is 38.5 Å². The van der Waals surface area contributed by atoms with Gasteiger partial charge in [-0.3, -0.25) is 4.79 Å². The highest BCUT2D eigenvalue weighted by atomic mass is 127. The number of carbonyl (C=O) groups excluding carboxylic acids is 1. The first-order chi connectivity index (χ1) is 8.09. The molecule has 4 heteroatoms. The molecule has 2 aromatic rings. The molecule has 86 valence electrons. The number of anilines is 1. The number of benzene rings is 2. The topological polar surface area (TPSA) is 43.1 Å². The maximum absolute atomic E-state index is 12.3. The molecule has 0 atom stereocenters. The minimum atomic E-state index is 0.00991. The molecular formula is C13H9BrINO. The second kappa shape index (κ2) is 5.18. The van der Waals surface area contributed by atoms with Gasteiger partial charge in [0, 0.05) is 24.9 Å². The number of hydrogen-bond donors (Lipinski definition) is 1. The monoisotopic (exact) mass is 401 g/mol. The van der Waals surface area contributed by atoms with Crippen molar-refractivity contribution in [2.24, 2.45) is 0 Å². The van der Waals surface area contributed by atoms with Crippen LogP contribution in [-0.4, -0.2) is 5.78 Å². The normalized spacial score (nSPS) is 10.2. The lowest BCUT2D eigenvalue weighted by Crippen LogP contribution is -2.04. The molecule has 2 N–H and O–H groups in total. The van der Waals surface area contributed by atoms with Crippen LogP contribution in [0.4, 0.5) is 5.69 Å². The van der Waals surface area contributed by atoms with Crippen LogP contribution in [-0.2, 0) is 0 Å². The Morgan fingerprint density at radius 1 is 1.18 bits per heavy atom. The maximum atomic E-state index is 12.3. The zero-order valence-corrected chi connectivity index (χ0v) is 12.5. The summed E-state index contributed by atoms with van der Waals surface area (Å²) in [5.41, 5.74) is 7.67. The lowest BCUT2D eigenvalue weighted by Gasteiger charge is -2.05. The summed E-state index contributed by atoms with van der Waals surface area (Å²) in [5, 5.41) is 0. The Labute approximate surface area is 121 Å². The molecule has 0 saturated carbocycles. The van der Waals surface area contributed by atoms with E-state index in [4.69, 9.17) is 5.73 Å². The lowest BCUT2D eigenvalue weighted by atomic mass is 10.0. The first-order valence-corrected chi connectivity index (χ1v) is 6.81. The number of nitrogens with two attached hydrogens (primary N) is 1. The van der Waals surface area contributed by atoms with Gasteiger partial charge >= 0.3 is 0 Å². The molecule has 17 heavy (non-hydrogen) atoms. The van der Waals surface area contributed by atoms with E-state index in [-0.39, 0.29) is 5.78 Å². The van der Waals surface area contributed by atoms with E-state index in [1.165, 1.54) is 0 Å². The molecule has 0 saturated heterocycles. The summed E-state index contributed by atoms with van der Waals surface area (Å²) < 4.78 is 1.69. The van der Waals surface area contributed by atoms with Gasteiger partial charge in [0.05, 0.1) is 0 Å². The first-order valence-electron chi connectivity index (χ1n) is 4.94. The average Bonchev–Trinajstić information content (AvgIpc) is 2.32. The van der Waals surface area contributed by atoms with Crippen molar-refractivity contribution in [2.75, 3.05) is 5.73 Å². The minimum Gasteiger partial charge on any atom is -0.398 e. The van der Waals surface area contributed by atoms with Crippen molar-refractivity contribution < 1.29 is 4.79 Å². The zero-order chi connectivity index (χ0) is 12.4. The third-order valence-electron chi connectivity index (χ3n) is 2.38. The van der Waals surface area contributed by atoms with Gasteiger partial charge in [-0.2, -0.15) is 0 Å². The quantitative estimate of drug-likeness (QED) is 0.471. The van der Waals surface area contributed by atoms with Gasteiger partial charge < -0.3 is 5.73 Å². The number of nitrogen functional groups attached to an aromatic ring is 1. The van der Waals surface area contributed by atoms with Crippen molar-refractivity contribution in [2.45, 2.75) is 0 Å². The standard InChI is InChI=1S/C13H9BrINO/c14-10-7-8(5-6-12(10)16)13(17)9-3-1-2-4-11(9)15/h1-7H,16H2. The highest BCUT2D eigenvalue weighted by molar-refractivity contribution is 14.1.